The number of hydrogen-bond donors (Lipinski definition) is 1. The number of nitrogens with zero attached hydrogens (tertiary/aromatic N) is 1. The van der Waals surface area contributed by atoms with E-state index in [-0.39, 0.29) is 24.4 Å². The Hall–Kier alpha value is -0.610. The summed E-state index contributed by atoms with van der Waals surface area (Å²) in [5, 5.41) is 9.01. The van der Waals surface area contributed by atoms with Crippen LogP contribution in [0.1, 0.15) is 26.7 Å². The summed E-state index contributed by atoms with van der Waals surface area (Å²) in [6, 6.07) is 0. The Morgan fingerprint density at radius 1 is 1.62 bits per heavy atom. The van der Waals surface area contributed by atoms with E-state index in [0.29, 0.717) is 6.61 Å². The van der Waals surface area contributed by atoms with Crippen LogP contribution in [-0.2, 0) is 9.53 Å². The minimum atomic E-state index is -0.0659. The first-order valence-electron chi connectivity index (χ1n) is 6.17. The predicted octanol–water partition coefficient (Wildman–Crippen LogP) is 0.890. The molecule has 0 saturated carbocycles. The molecule has 1 rings (SSSR count). The fraction of sp³-hybridized carbons (Fsp3) is 0.917. The molecule has 0 aromatic carbocycles. The minimum absolute atomic E-state index is 0.0274. The summed E-state index contributed by atoms with van der Waals surface area (Å²) < 4.78 is 5.05. The van der Waals surface area contributed by atoms with Crippen molar-refractivity contribution in [3.05, 3.63) is 0 Å². The molecule has 1 unspecified atom stereocenters. The van der Waals surface area contributed by atoms with E-state index in [1.165, 1.54) is 0 Å². The summed E-state index contributed by atoms with van der Waals surface area (Å²) in [5.41, 5.74) is 0. The average molecular weight is 229 g/mol. The Morgan fingerprint density at radius 2 is 2.38 bits per heavy atom. The molecule has 4 heteroatoms. The van der Waals surface area contributed by atoms with E-state index in [2.05, 4.69) is 4.90 Å². The first-order valence-corrected chi connectivity index (χ1v) is 6.17. The lowest BCUT2D eigenvalue weighted by atomic mass is 9.97. The number of rotatable bonds is 5. The van der Waals surface area contributed by atoms with Crippen LogP contribution in [0.4, 0.5) is 0 Å². The van der Waals surface area contributed by atoms with E-state index in [4.69, 9.17) is 9.84 Å². The largest absolute Gasteiger partial charge is 0.466 e. The summed E-state index contributed by atoms with van der Waals surface area (Å²) in [4.78, 5) is 13.9. The Balaban J connectivity index is 2.37. The highest BCUT2D eigenvalue weighted by atomic mass is 16.5. The highest BCUT2D eigenvalue weighted by Gasteiger charge is 2.27. The highest BCUT2D eigenvalue weighted by Crippen LogP contribution is 2.18. The molecule has 94 valence electrons. The first-order chi connectivity index (χ1) is 7.67. The van der Waals surface area contributed by atoms with Gasteiger partial charge in [0.1, 0.15) is 0 Å². The van der Waals surface area contributed by atoms with Crippen LogP contribution in [-0.4, -0.2) is 48.8 Å². The number of piperidine rings is 1. The van der Waals surface area contributed by atoms with E-state index in [0.717, 1.165) is 32.5 Å². The molecule has 0 spiro atoms. The zero-order valence-corrected chi connectivity index (χ0v) is 10.3. The molecule has 4 nitrogen and oxygen atoms in total. The molecule has 16 heavy (non-hydrogen) atoms. The lowest BCUT2D eigenvalue weighted by molar-refractivity contribution is -0.150. The van der Waals surface area contributed by atoms with Crippen molar-refractivity contribution < 1.29 is 14.6 Å². The minimum Gasteiger partial charge on any atom is -0.466 e. The van der Waals surface area contributed by atoms with Gasteiger partial charge in [-0.2, -0.15) is 0 Å². The monoisotopic (exact) mass is 229 g/mol. The van der Waals surface area contributed by atoms with E-state index < -0.39 is 0 Å². The van der Waals surface area contributed by atoms with E-state index >= 15 is 0 Å². The molecular formula is C12H23NO3. The zero-order chi connectivity index (χ0) is 12.0. The molecule has 0 bridgehead atoms. The van der Waals surface area contributed by atoms with Gasteiger partial charge < -0.3 is 14.7 Å². The maximum atomic E-state index is 11.6. The van der Waals surface area contributed by atoms with Crippen molar-refractivity contribution in [2.45, 2.75) is 26.7 Å². The maximum Gasteiger partial charge on any atom is 0.310 e. The summed E-state index contributed by atoms with van der Waals surface area (Å²) in [5.74, 6) is 0.240. The van der Waals surface area contributed by atoms with E-state index in [1.807, 2.05) is 13.8 Å². The molecule has 1 fully saturated rings. The molecule has 2 atom stereocenters. The summed E-state index contributed by atoms with van der Waals surface area (Å²) in [7, 11) is 0. The van der Waals surface area contributed by atoms with Crippen molar-refractivity contribution in [1.29, 1.82) is 0 Å². The first kappa shape index (κ1) is 13.5. The van der Waals surface area contributed by atoms with Crippen molar-refractivity contribution in [3.8, 4) is 0 Å². The lowest BCUT2D eigenvalue weighted by Crippen LogP contribution is -2.41. The van der Waals surface area contributed by atoms with Crippen LogP contribution >= 0.6 is 0 Å². The summed E-state index contributed by atoms with van der Waals surface area (Å²) in [6.07, 6.45) is 1.98. The van der Waals surface area contributed by atoms with Gasteiger partial charge in [0.05, 0.1) is 12.5 Å². The van der Waals surface area contributed by atoms with Gasteiger partial charge in [0.25, 0.3) is 0 Å². The fourth-order valence-electron chi connectivity index (χ4n) is 2.17. The number of aliphatic hydroxyl groups is 1. The van der Waals surface area contributed by atoms with Gasteiger partial charge >= 0.3 is 5.97 Å². The van der Waals surface area contributed by atoms with Crippen LogP contribution in [0.5, 0.6) is 0 Å². The topological polar surface area (TPSA) is 49.8 Å². The van der Waals surface area contributed by atoms with Gasteiger partial charge in [0, 0.05) is 19.7 Å². The molecule has 0 aliphatic carbocycles. The third-order valence-corrected chi connectivity index (χ3v) is 3.01. The Morgan fingerprint density at radius 3 is 3.00 bits per heavy atom. The molecule has 1 N–H and O–H groups in total. The zero-order valence-electron chi connectivity index (χ0n) is 10.3. The third-order valence-electron chi connectivity index (χ3n) is 3.01. The number of aliphatic hydroxyl groups excluding tert-OH is 1. The van der Waals surface area contributed by atoms with Crippen molar-refractivity contribution in [3.63, 3.8) is 0 Å². The van der Waals surface area contributed by atoms with E-state index in [9.17, 15) is 4.79 Å². The van der Waals surface area contributed by atoms with Crippen LogP contribution in [0.15, 0.2) is 0 Å². The highest BCUT2D eigenvalue weighted by molar-refractivity contribution is 5.72. The van der Waals surface area contributed by atoms with Crippen LogP contribution in [0, 0.1) is 11.8 Å². The maximum absolute atomic E-state index is 11.6. The number of carbonyl (C=O) groups excluding carboxylic acids is 1. The van der Waals surface area contributed by atoms with Gasteiger partial charge in [0.15, 0.2) is 0 Å². The summed E-state index contributed by atoms with van der Waals surface area (Å²) in [6.45, 7) is 7.21. The number of esters is 1. The van der Waals surface area contributed by atoms with Crippen molar-refractivity contribution in [1.82, 2.24) is 4.90 Å². The van der Waals surface area contributed by atoms with Crippen molar-refractivity contribution in [2.75, 3.05) is 32.8 Å². The number of likely N-dealkylation sites (tertiary alicyclic amines) is 1. The molecule has 1 saturated heterocycles. The van der Waals surface area contributed by atoms with Crippen molar-refractivity contribution in [2.24, 2.45) is 11.8 Å². The van der Waals surface area contributed by atoms with Crippen molar-refractivity contribution >= 4 is 5.97 Å². The molecule has 1 heterocycles. The van der Waals surface area contributed by atoms with Gasteiger partial charge in [-0.15, -0.1) is 0 Å². The number of carbonyl (C=O) groups is 1. The molecule has 0 aromatic rings. The molecule has 1 aliphatic heterocycles. The predicted molar refractivity (Wildman–Crippen MR) is 62.0 cm³/mol. The average Bonchev–Trinajstić information content (AvgIpc) is 2.29. The number of ether oxygens (including phenoxy) is 1. The van der Waals surface area contributed by atoms with Gasteiger partial charge in [-0.1, -0.05) is 6.92 Å². The SMILES string of the molecule is CCOC(=O)[C@H]1CCCN(CC(C)CO)C1. The standard InChI is InChI=1S/C12H23NO3/c1-3-16-12(15)11-5-4-6-13(8-11)7-10(2)9-14/h10-11,14H,3-9H2,1-2H3/t10?,11-/m0/s1. The van der Waals surface area contributed by atoms with Crippen LogP contribution < -0.4 is 0 Å². The quantitative estimate of drug-likeness (QED) is 0.711. The van der Waals surface area contributed by atoms with Gasteiger partial charge in [-0.05, 0) is 32.2 Å². The second-order valence-electron chi connectivity index (χ2n) is 4.64. The van der Waals surface area contributed by atoms with Crippen LogP contribution in [0.3, 0.4) is 0 Å². The number of hydrogen-bond acceptors (Lipinski definition) is 4. The summed E-state index contributed by atoms with van der Waals surface area (Å²) >= 11 is 0. The normalized spacial score (nSPS) is 24.1. The molecule has 0 amide bonds. The Kier molecular flexibility index (Phi) is 5.77. The molecule has 0 radical (unpaired) electrons. The van der Waals surface area contributed by atoms with Gasteiger partial charge in [-0.3, -0.25) is 4.79 Å². The Labute approximate surface area is 97.6 Å². The second-order valence-corrected chi connectivity index (χ2v) is 4.64. The van der Waals surface area contributed by atoms with Crippen LogP contribution in [0.25, 0.3) is 0 Å². The second kappa shape index (κ2) is 6.86. The fourth-order valence-corrected chi connectivity index (χ4v) is 2.17. The Bertz CT molecular complexity index is 220. The van der Waals surface area contributed by atoms with Gasteiger partial charge in [-0.25, -0.2) is 0 Å². The third kappa shape index (κ3) is 4.10. The molecule has 0 aromatic heterocycles. The van der Waals surface area contributed by atoms with E-state index in [1.54, 1.807) is 0 Å². The van der Waals surface area contributed by atoms with Gasteiger partial charge in [0.2, 0.25) is 0 Å². The lowest BCUT2D eigenvalue weighted by Gasteiger charge is -2.32. The van der Waals surface area contributed by atoms with Crippen LogP contribution in [0.2, 0.25) is 0 Å². The molecule has 1 aliphatic rings. The smallest absolute Gasteiger partial charge is 0.310 e. The molecular weight excluding hydrogens is 206 g/mol.